The molecule has 6 nitrogen and oxygen atoms in total. The van der Waals surface area contributed by atoms with Gasteiger partial charge in [-0.25, -0.2) is 4.79 Å². The van der Waals surface area contributed by atoms with Gasteiger partial charge in [0.25, 0.3) is 0 Å². The average Bonchev–Trinajstić information content (AvgIpc) is 2.90. The van der Waals surface area contributed by atoms with Crippen LogP contribution < -0.4 is 5.32 Å². The van der Waals surface area contributed by atoms with Gasteiger partial charge < -0.3 is 14.4 Å². The van der Waals surface area contributed by atoms with Crippen LogP contribution in [-0.2, 0) is 14.3 Å². The van der Waals surface area contributed by atoms with Gasteiger partial charge in [0.2, 0.25) is 0 Å². The number of amides is 1. The van der Waals surface area contributed by atoms with E-state index in [0.717, 1.165) is 12.8 Å². The highest BCUT2D eigenvalue weighted by atomic mass is 16.6. The summed E-state index contributed by atoms with van der Waals surface area (Å²) in [5.41, 5.74) is -0.492. The van der Waals surface area contributed by atoms with E-state index >= 15 is 0 Å². The zero-order valence-corrected chi connectivity index (χ0v) is 14.6. The van der Waals surface area contributed by atoms with Gasteiger partial charge in [0, 0.05) is 19.1 Å². The van der Waals surface area contributed by atoms with Crippen LogP contribution in [0.2, 0.25) is 0 Å². The van der Waals surface area contributed by atoms with Crippen LogP contribution >= 0.6 is 0 Å². The van der Waals surface area contributed by atoms with Gasteiger partial charge in [-0.15, -0.1) is 0 Å². The number of nitrogens with zero attached hydrogens (tertiary/aromatic N) is 1. The van der Waals surface area contributed by atoms with E-state index in [4.69, 9.17) is 9.47 Å². The topological polar surface area (TPSA) is 67.9 Å². The van der Waals surface area contributed by atoms with Crippen molar-refractivity contribution >= 4 is 12.1 Å². The number of carbonyl (C=O) groups excluding carboxylic acids is 2. The molecule has 0 bridgehead atoms. The van der Waals surface area contributed by atoms with E-state index in [-0.39, 0.29) is 30.1 Å². The third kappa shape index (κ3) is 5.48. The molecule has 0 spiro atoms. The molecule has 1 aliphatic rings. The second-order valence-corrected chi connectivity index (χ2v) is 6.96. The Labute approximate surface area is 133 Å². The van der Waals surface area contributed by atoms with Crippen molar-refractivity contribution in [3.8, 4) is 0 Å². The fraction of sp³-hybridized carbons (Fsp3) is 0.875. The molecular formula is C16H30N2O4. The van der Waals surface area contributed by atoms with Crippen molar-refractivity contribution in [3.63, 3.8) is 0 Å². The van der Waals surface area contributed by atoms with Crippen molar-refractivity contribution in [3.05, 3.63) is 0 Å². The van der Waals surface area contributed by atoms with Crippen LogP contribution in [0.5, 0.6) is 0 Å². The molecule has 0 aromatic rings. The maximum absolute atomic E-state index is 12.1. The predicted molar refractivity (Wildman–Crippen MR) is 84.6 cm³/mol. The molecule has 1 fully saturated rings. The maximum Gasteiger partial charge on any atom is 0.410 e. The standard InChI is InChI=1S/C16H30N2O4/c1-7-11(2)13(14(19)21-6)17-12-8-9-18(10-12)15(20)22-16(3,4)5/h11-13,17H,7-10H2,1-6H3. The van der Waals surface area contributed by atoms with Crippen LogP contribution in [-0.4, -0.2) is 54.8 Å². The molecule has 3 atom stereocenters. The Morgan fingerprint density at radius 3 is 2.50 bits per heavy atom. The lowest BCUT2D eigenvalue weighted by atomic mass is 9.98. The van der Waals surface area contributed by atoms with E-state index in [0.29, 0.717) is 13.1 Å². The normalized spacial score (nSPS) is 21.4. The van der Waals surface area contributed by atoms with Crippen LogP contribution in [0.25, 0.3) is 0 Å². The highest BCUT2D eigenvalue weighted by Crippen LogP contribution is 2.17. The van der Waals surface area contributed by atoms with Crippen LogP contribution in [0.1, 0.15) is 47.5 Å². The highest BCUT2D eigenvalue weighted by Gasteiger charge is 2.33. The van der Waals surface area contributed by atoms with Crippen molar-refractivity contribution in [2.24, 2.45) is 5.92 Å². The molecule has 1 heterocycles. The van der Waals surface area contributed by atoms with Gasteiger partial charge in [-0.2, -0.15) is 0 Å². The number of methoxy groups -OCH3 is 1. The van der Waals surface area contributed by atoms with Crippen molar-refractivity contribution in [1.82, 2.24) is 10.2 Å². The van der Waals surface area contributed by atoms with E-state index < -0.39 is 5.60 Å². The quantitative estimate of drug-likeness (QED) is 0.788. The van der Waals surface area contributed by atoms with E-state index in [1.807, 2.05) is 34.6 Å². The minimum atomic E-state index is -0.492. The van der Waals surface area contributed by atoms with Gasteiger partial charge in [-0.05, 0) is 33.1 Å². The summed E-state index contributed by atoms with van der Waals surface area (Å²) in [5.74, 6) is -0.0619. The molecule has 1 rings (SSSR count). The number of hydrogen-bond donors (Lipinski definition) is 1. The SMILES string of the molecule is CCC(C)C(NC1CCN(C(=O)OC(C)(C)C)C1)C(=O)OC. The molecule has 0 aliphatic carbocycles. The lowest BCUT2D eigenvalue weighted by Gasteiger charge is -2.26. The molecule has 0 saturated carbocycles. The third-order valence-corrected chi connectivity index (χ3v) is 3.92. The summed E-state index contributed by atoms with van der Waals surface area (Å²) in [6, 6.07) is -0.246. The second kappa shape index (κ2) is 7.81. The summed E-state index contributed by atoms with van der Waals surface area (Å²) in [6.45, 7) is 10.8. The Bertz CT molecular complexity index is 392. The van der Waals surface area contributed by atoms with Crippen molar-refractivity contribution < 1.29 is 19.1 Å². The van der Waals surface area contributed by atoms with Crippen LogP contribution in [0, 0.1) is 5.92 Å². The molecule has 1 saturated heterocycles. The number of nitrogens with one attached hydrogen (secondary N) is 1. The molecule has 128 valence electrons. The first-order valence-electron chi connectivity index (χ1n) is 7.99. The molecule has 0 radical (unpaired) electrons. The largest absolute Gasteiger partial charge is 0.468 e. The lowest BCUT2D eigenvalue weighted by Crippen LogP contribution is -2.49. The fourth-order valence-corrected chi connectivity index (χ4v) is 2.47. The zero-order chi connectivity index (χ0) is 16.9. The fourth-order valence-electron chi connectivity index (χ4n) is 2.47. The number of likely N-dealkylation sites (tertiary alicyclic amines) is 1. The number of esters is 1. The molecule has 0 aromatic carbocycles. The molecule has 22 heavy (non-hydrogen) atoms. The Kier molecular flexibility index (Phi) is 6.66. The second-order valence-electron chi connectivity index (χ2n) is 6.96. The van der Waals surface area contributed by atoms with Gasteiger partial charge >= 0.3 is 12.1 Å². The number of carbonyl (C=O) groups is 2. The van der Waals surface area contributed by atoms with Gasteiger partial charge in [-0.1, -0.05) is 20.3 Å². The highest BCUT2D eigenvalue weighted by molar-refractivity contribution is 5.76. The number of ether oxygens (including phenoxy) is 2. The summed E-state index contributed by atoms with van der Waals surface area (Å²) >= 11 is 0. The van der Waals surface area contributed by atoms with E-state index in [2.05, 4.69) is 5.32 Å². The van der Waals surface area contributed by atoms with Crippen LogP contribution in [0.15, 0.2) is 0 Å². The van der Waals surface area contributed by atoms with Gasteiger partial charge in [0.05, 0.1) is 7.11 Å². The van der Waals surface area contributed by atoms with E-state index in [1.165, 1.54) is 7.11 Å². The third-order valence-electron chi connectivity index (χ3n) is 3.92. The first-order valence-corrected chi connectivity index (χ1v) is 7.99. The Morgan fingerprint density at radius 1 is 1.36 bits per heavy atom. The Balaban J connectivity index is 2.58. The smallest absolute Gasteiger partial charge is 0.410 e. The molecule has 0 aromatic heterocycles. The van der Waals surface area contributed by atoms with Gasteiger partial charge in [0.15, 0.2) is 0 Å². The summed E-state index contributed by atoms with van der Waals surface area (Å²) in [5, 5.41) is 3.34. The molecule has 1 amide bonds. The van der Waals surface area contributed by atoms with Crippen molar-refractivity contribution in [2.45, 2.75) is 65.1 Å². The molecule has 6 heteroatoms. The van der Waals surface area contributed by atoms with Crippen molar-refractivity contribution in [2.75, 3.05) is 20.2 Å². The summed E-state index contributed by atoms with van der Waals surface area (Å²) in [7, 11) is 1.40. The Morgan fingerprint density at radius 2 is 2.00 bits per heavy atom. The van der Waals surface area contributed by atoms with Crippen LogP contribution in [0.4, 0.5) is 4.79 Å². The first kappa shape index (κ1) is 18.7. The Hall–Kier alpha value is -1.30. The molecule has 1 aliphatic heterocycles. The van der Waals surface area contributed by atoms with Crippen LogP contribution in [0.3, 0.4) is 0 Å². The summed E-state index contributed by atoms with van der Waals surface area (Å²) in [6.07, 6.45) is 1.40. The minimum Gasteiger partial charge on any atom is -0.468 e. The average molecular weight is 314 g/mol. The minimum absolute atomic E-state index is 0.0885. The van der Waals surface area contributed by atoms with E-state index in [1.54, 1.807) is 4.90 Å². The van der Waals surface area contributed by atoms with E-state index in [9.17, 15) is 9.59 Å². The lowest BCUT2D eigenvalue weighted by molar-refractivity contribution is -0.144. The van der Waals surface area contributed by atoms with Crippen molar-refractivity contribution in [1.29, 1.82) is 0 Å². The maximum atomic E-state index is 12.1. The number of hydrogen-bond acceptors (Lipinski definition) is 5. The molecule has 1 N–H and O–H groups in total. The molecule has 3 unspecified atom stereocenters. The number of rotatable bonds is 5. The summed E-state index contributed by atoms with van der Waals surface area (Å²) in [4.78, 5) is 25.7. The summed E-state index contributed by atoms with van der Waals surface area (Å²) < 4.78 is 10.3. The zero-order valence-electron chi connectivity index (χ0n) is 14.6. The predicted octanol–water partition coefficient (Wildman–Crippen LogP) is 2.17. The van der Waals surface area contributed by atoms with Gasteiger partial charge in [-0.3, -0.25) is 10.1 Å². The first-order chi connectivity index (χ1) is 10.2. The molecular weight excluding hydrogens is 284 g/mol. The monoisotopic (exact) mass is 314 g/mol. The van der Waals surface area contributed by atoms with Gasteiger partial charge in [0.1, 0.15) is 11.6 Å².